The van der Waals surface area contributed by atoms with Gasteiger partial charge >= 0.3 is 0 Å². The van der Waals surface area contributed by atoms with E-state index >= 15 is 0 Å². The molecule has 26 heavy (non-hydrogen) atoms. The van der Waals surface area contributed by atoms with Crippen LogP contribution in [-0.2, 0) is 21.2 Å². The average Bonchev–Trinajstić information content (AvgIpc) is 2.55. The normalized spacial score (nSPS) is 12.5. The highest BCUT2D eigenvalue weighted by Crippen LogP contribution is 2.24. The summed E-state index contributed by atoms with van der Waals surface area (Å²) in [6.07, 6.45) is 1.55. The first kappa shape index (κ1) is 20.2. The van der Waals surface area contributed by atoms with E-state index in [1.165, 1.54) is 25.1 Å². The molecule has 1 unspecified atom stereocenters. The number of carbonyl (C=O) groups is 1. The second-order valence-electron chi connectivity index (χ2n) is 5.88. The lowest BCUT2D eigenvalue weighted by molar-refractivity contribution is -0.121. The molecule has 0 bridgehead atoms. The van der Waals surface area contributed by atoms with Crippen molar-refractivity contribution >= 4 is 33.2 Å². The van der Waals surface area contributed by atoms with Crippen LogP contribution in [0.25, 0.3) is 0 Å². The second kappa shape index (κ2) is 8.51. The van der Waals surface area contributed by atoms with Crippen molar-refractivity contribution in [2.45, 2.75) is 19.4 Å². The van der Waals surface area contributed by atoms with Gasteiger partial charge in [-0.05, 0) is 49.2 Å². The molecule has 0 radical (unpaired) electrons. The Bertz CT molecular complexity index is 872. The molecule has 140 valence electrons. The van der Waals surface area contributed by atoms with Gasteiger partial charge < -0.3 is 5.32 Å². The number of anilines is 1. The lowest BCUT2D eigenvalue weighted by Crippen LogP contribution is -2.48. The largest absolute Gasteiger partial charge is 0.354 e. The summed E-state index contributed by atoms with van der Waals surface area (Å²) in [7, 11) is -3.69. The first-order valence-electron chi connectivity index (χ1n) is 7.95. The molecule has 1 N–H and O–H groups in total. The predicted octanol–water partition coefficient (Wildman–Crippen LogP) is 2.99. The molecule has 0 aliphatic heterocycles. The van der Waals surface area contributed by atoms with Crippen LogP contribution in [0.3, 0.4) is 0 Å². The zero-order valence-corrected chi connectivity index (χ0v) is 16.0. The Morgan fingerprint density at radius 2 is 1.88 bits per heavy atom. The molecule has 2 aromatic carbocycles. The Labute approximate surface area is 157 Å². The molecule has 2 aromatic rings. The molecule has 0 saturated heterocycles. The number of nitrogens with zero attached hydrogens (tertiary/aromatic N) is 1. The van der Waals surface area contributed by atoms with Crippen LogP contribution in [0.15, 0.2) is 48.5 Å². The molecule has 0 spiro atoms. The highest BCUT2D eigenvalue weighted by molar-refractivity contribution is 7.92. The van der Waals surface area contributed by atoms with E-state index in [1.807, 2.05) is 0 Å². The molecule has 5 nitrogen and oxygen atoms in total. The van der Waals surface area contributed by atoms with Gasteiger partial charge in [0.15, 0.2) is 0 Å². The Kier molecular flexibility index (Phi) is 6.61. The van der Waals surface area contributed by atoms with Gasteiger partial charge in [-0.1, -0.05) is 29.8 Å². The van der Waals surface area contributed by atoms with Crippen LogP contribution >= 0.6 is 11.6 Å². The van der Waals surface area contributed by atoms with Crippen molar-refractivity contribution < 1.29 is 17.6 Å². The van der Waals surface area contributed by atoms with Crippen molar-refractivity contribution in [1.29, 1.82) is 0 Å². The predicted molar refractivity (Wildman–Crippen MR) is 101 cm³/mol. The fourth-order valence-corrected chi connectivity index (χ4v) is 3.90. The van der Waals surface area contributed by atoms with Gasteiger partial charge in [0, 0.05) is 11.6 Å². The summed E-state index contributed by atoms with van der Waals surface area (Å²) in [6.45, 7) is 1.82. The van der Waals surface area contributed by atoms with Crippen LogP contribution < -0.4 is 9.62 Å². The molecule has 1 atom stereocenters. The van der Waals surface area contributed by atoms with Gasteiger partial charge in [0.1, 0.15) is 11.9 Å². The minimum absolute atomic E-state index is 0.307. The lowest BCUT2D eigenvalue weighted by atomic mass is 10.1. The first-order chi connectivity index (χ1) is 12.2. The monoisotopic (exact) mass is 398 g/mol. The van der Waals surface area contributed by atoms with Crippen LogP contribution in [0.5, 0.6) is 0 Å². The maximum atomic E-state index is 12.9. The zero-order valence-electron chi connectivity index (χ0n) is 14.4. The first-order valence-corrected chi connectivity index (χ1v) is 10.2. The summed E-state index contributed by atoms with van der Waals surface area (Å²) < 4.78 is 38.3. The van der Waals surface area contributed by atoms with Gasteiger partial charge in [0.2, 0.25) is 15.9 Å². The molecule has 0 fully saturated rings. The number of amides is 1. The third-order valence-electron chi connectivity index (χ3n) is 3.78. The summed E-state index contributed by atoms with van der Waals surface area (Å²) in [5.41, 5.74) is 1.19. The van der Waals surface area contributed by atoms with E-state index in [2.05, 4.69) is 5.32 Å². The van der Waals surface area contributed by atoms with Gasteiger partial charge in [-0.15, -0.1) is 0 Å². The lowest BCUT2D eigenvalue weighted by Gasteiger charge is -2.28. The fourth-order valence-electron chi connectivity index (χ4n) is 2.55. The number of halogens is 2. The Morgan fingerprint density at radius 3 is 2.46 bits per heavy atom. The molecule has 0 saturated carbocycles. The number of carbonyl (C=O) groups excluding carboxylic acids is 1. The third-order valence-corrected chi connectivity index (χ3v) is 5.25. The molecule has 0 aliphatic rings. The summed E-state index contributed by atoms with van der Waals surface area (Å²) in [4.78, 5) is 12.4. The van der Waals surface area contributed by atoms with Crippen molar-refractivity contribution in [3.8, 4) is 0 Å². The second-order valence-corrected chi connectivity index (χ2v) is 8.18. The zero-order chi connectivity index (χ0) is 19.3. The minimum atomic E-state index is -3.69. The molecular weight excluding hydrogens is 379 g/mol. The topological polar surface area (TPSA) is 66.5 Å². The van der Waals surface area contributed by atoms with E-state index in [4.69, 9.17) is 11.6 Å². The van der Waals surface area contributed by atoms with E-state index < -0.39 is 22.0 Å². The summed E-state index contributed by atoms with van der Waals surface area (Å²) in [6, 6.07) is 11.3. The minimum Gasteiger partial charge on any atom is -0.354 e. The fraction of sp³-hybridized carbons (Fsp3) is 0.278. The van der Waals surface area contributed by atoms with Crippen LogP contribution in [0.1, 0.15) is 12.5 Å². The molecular formula is C18H20ClFN2O3S. The summed E-state index contributed by atoms with van der Waals surface area (Å²) in [5, 5.41) is 3.09. The third kappa shape index (κ3) is 5.44. The SMILES string of the molecule is CC(C(=O)NCCc1ccc(F)cc1)N(c1cccc(Cl)c1)S(C)(=O)=O. The highest BCUT2D eigenvalue weighted by Gasteiger charge is 2.29. The number of hydrogen-bond donors (Lipinski definition) is 1. The van der Waals surface area contributed by atoms with Crippen LogP contribution in [0.4, 0.5) is 10.1 Å². The Morgan fingerprint density at radius 1 is 1.23 bits per heavy atom. The molecule has 0 aromatic heterocycles. The van der Waals surface area contributed by atoms with E-state index in [-0.39, 0.29) is 5.82 Å². The molecule has 0 aliphatic carbocycles. The van der Waals surface area contributed by atoms with Gasteiger partial charge in [-0.25, -0.2) is 12.8 Å². The van der Waals surface area contributed by atoms with Gasteiger partial charge in [-0.2, -0.15) is 0 Å². The van der Waals surface area contributed by atoms with Crippen LogP contribution in [0.2, 0.25) is 5.02 Å². The standard InChI is InChI=1S/C18H20ClFN2O3S/c1-13(18(23)21-11-10-14-6-8-16(20)9-7-14)22(26(2,24)25)17-5-3-4-15(19)12-17/h3-9,12-13H,10-11H2,1-2H3,(H,21,23). The van der Waals surface area contributed by atoms with Crippen LogP contribution in [0, 0.1) is 5.82 Å². The van der Waals surface area contributed by atoms with Crippen molar-refractivity contribution in [1.82, 2.24) is 5.32 Å². The number of sulfonamides is 1. The quantitative estimate of drug-likeness (QED) is 0.779. The smallest absolute Gasteiger partial charge is 0.243 e. The van der Waals surface area contributed by atoms with Crippen molar-refractivity contribution in [3.05, 3.63) is 64.9 Å². The molecule has 8 heteroatoms. The number of rotatable bonds is 7. The van der Waals surface area contributed by atoms with Gasteiger partial charge in [0.05, 0.1) is 11.9 Å². The van der Waals surface area contributed by atoms with E-state index in [1.54, 1.807) is 30.3 Å². The maximum absolute atomic E-state index is 12.9. The van der Waals surface area contributed by atoms with Crippen molar-refractivity contribution in [2.75, 3.05) is 17.1 Å². The highest BCUT2D eigenvalue weighted by atomic mass is 35.5. The molecule has 1 amide bonds. The van der Waals surface area contributed by atoms with E-state index in [9.17, 15) is 17.6 Å². The van der Waals surface area contributed by atoms with Gasteiger partial charge in [-0.3, -0.25) is 9.10 Å². The van der Waals surface area contributed by atoms with E-state index in [0.29, 0.717) is 23.7 Å². The number of hydrogen-bond acceptors (Lipinski definition) is 3. The summed E-state index contributed by atoms with van der Waals surface area (Å²) >= 11 is 5.94. The molecule has 2 rings (SSSR count). The van der Waals surface area contributed by atoms with Crippen molar-refractivity contribution in [2.24, 2.45) is 0 Å². The van der Waals surface area contributed by atoms with Gasteiger partial charge in [0.25, 0.3) is 0 Å². The molecule has 0 heterocycles. The summed E-state index contributed by atoms with van der Waals surface area (Å²) in [5.74, 6) is -0.755. The Balaban J connectivity index is 2.06. The number of benzene rings is 2. The van der Waals surface area contributed by atoms with E-state index in [0.717, 1.165) is 16.1 Å². The van der Waals surface area contributed by atoms with Crippen molar-refractivity contribution in [3.63, 3.8) is 0 Å². The number of nitrogens with one attached hydrogen (secondary N) is 1. The van der Waals surface area contributed by atoms with Crippen LogP contribution in [-0.4, -0.2) is 33.2 Å². The maximum Gasteiger partial charge on any atom is 0.243 e. The average molecular weight is 399 g/mol. The Hall–Kier alpha value is -2.12.